The van der Waals surface area contributed by atoms with E-state index in [0.717, 1.165) is 38.2 Å². The summed E-state index contributed by atoms with van der Waals surface area (Å²) < 4.78 is 6.93. The van der Waals surface area contributed by atoms with Gasteiger partial charge < -0.3 is 9.30 Å². The van der Waals surface area contributed by atoms with Crippen LogP contribution in [0.1, 0.15) is 25.6 Å². The summed E-state index contributed by atoms with van der Waals surface area (Å²) in [5, 5.41) is 8.30. The van der Waals surface area contributed by atoms with Gasteiger partial charge in [0, 0.05) is 26.7 Å². The number of ether oxygens (including phenoxy) is 1. The van der Waals surface area contributed by atoms with E-state index in [4.69, 9.17) is 16.3 Å². The predicted molar refractivity (Wildman–Crippen MR) is 55.5 cm³/mol. The number of methoxy groups -OCH3 is 1. The molecular formula is C9H16ClN3O. The first-order valence-electron chi connectivity index (χ1n) is 4.86. The molecular weight excluding hydrogens is 202 g/mol. The molecule has 0 aliphatic heterocycles. The van der Waals surface area contributed by atoms with Gasteiger partial charge in [0.25, 0.3) is 0 Å². The van der Waals surface area contributed by atoms with Crippen LogP contribution < -0.4 is 0 Å². The first kappa shape index (κ1) is 11.5. The van der Waals surface area contributed by atoms with E-state index in [0.29, 0.717) is 5.28 Å². The topological polar surface area (TPSA) is 39.9 Å². The van der Waals surface area contributed by atoms with E-state index < -0.39 is 0 Å². The largest absolute Gasteiger partial charge is 0.385 e. The number of rotatable bonds is 6. The second-order valence-corrected chi connectivity index (χ2v) is 3.43. The Balaban J connectivity index is 2.44. The predicted octanol–water partition coefficient (Wildman–Crippen LogP) is 1.92. The van der Waals surface area contributed by atoms with E-state index in [1.54, 1.807) is 7.11 Å². The van der Waals surface area contributed by atoms with Gasteiger partial charge in [0.05, 0.1) is 0 Å². The Kier molecular flexibility index (Phi) is 4.90. The smallest absolute Gasteiger partial charge is 0.225 e. The van der Waals surface area contributed by atoms with Crippen molar-refractivity contribution in [2.24, 2.45) is 0 Å². The molecule has 0 N–H and O–H groups in total. The molecule has 0 saturated carbocycles. The molecule has 0 amide bonds. The number of hydrogen-bond acceptors (Lipinski definition) is 3. The molecule has 0 aliphatic rings. The van der Waals surface area contributed by atoms with Crippen LogP contribution in [-0.2, 0) is 17.7 Å². The van der Waals surface area contributed by atoms with Gasteiger partial charge in [-0.25, -0.2) is 0 Å². The quantitative estimate of drug-likeness (QED) is 0.684. The zero-order chi connectivity index (χ0) is 10.4. The lowest BCUT2D eigenvalue weighted by molar-refractivity contribution is 0.191. The molecule has 1 heterocycles. The van der Waals surface area contributed by atoms with Crippen LogP contribution in [0.3, 0.4) is 0 Å². The molecule has 0 atom stereocenters. The summed E-state index contributed by atoms with van der Waals surface area (Å²) in [5.74, 6) is 0.951. The zero-order valence-electron chi connectivity index (χ0n) is 8.66. The fraction of sp³-hybridized carbons (Fsp3) is 0.778. The van der Waals surface area contributed by atoms with Crippen molar-refractivity contribution in [2.45, 2.75) is 32.7 Å². The molecule has 0 aromatic carbocycles. The third-order valence-corrected chi connectivity index (χ3v) is 2.36. The molecule has 1 rings (SSSR count). The van der Waals surface area contributed by atoms with Gasteiger partial charge >= 0.3 is 0 Å². The molecule has 0 radical (unpaired) electrons. The van der Waals surface area contributed by atoms with Crippen molar-refractivity contribution >= 4 is 11.6 Å². The highest BCUT2D eigenvalue weighted by atomic mass is 35.5. The Hall–Kier alpha value is -0.610. The zero-order valence-corrected chi connectivity index (χ0v) is 9.42. The molecule has 0 saturated heterocycles. The van der Waals surface area contributed by atoms with Gasteiger partial charge in [-0.1, -0.05) is 6.92 Å². The van der Waals surface area contributed by atoms with Crippen LogP contribution in [-0.4, -0.2) is 28.5 Å². The minimum atomic E-state index is 0.485. The van der Waals surface area contributed by atoms with E-state index in [-0.39, 0.29) is 0 Å². The first-order valence-corrected chi connectivity index (χ1v) is 5.24. The summed E-state index contributed by atoms with van der Waals surface area (Å²) in [6.45, 7) is 3.71. The summed E-state index contributed by atoms with van der Waals surface area (Å²) in [6.07, 6.45) is 2.94. The van der Waals surface area contributed by atoms with E-state index in [2.05, 4.69) is 10.2 Å². The molecule has 0 unspecified atom stereocenters. The summed E-state index contributed by atoms with van der Waals surface area (Å²) in [5.41, 5.74) is 0. The lowest BCUT2D eigenvalue weighted by Gasteiger charge is -2.05. The summed E-state index contributed by atoms with van der Waals surface area (Å²) in [6, 6.07) is 0. The van der Waals surface area contributed by atoms with Crippen molar-refractivity contribution in [1.82, 2.24) is 14.8 Å². The second-order valence-electron chi connectivity index (χ2n) is 3.09. The summed E-state index contributed by atoms with van der Waals surface area (Å²) >= 11 is 5.89. The highest BCUT2D eigenvalue weighted by Gasteiger charge is 2.07. The number of aromatic nitrogens is 3. The van der Waals surface area contributed by atoms with Crippen molar-refractivity contribution < 1.29 is 4.74 Å². The number of nitrogens with zero attached hydrogens (tertiary/aromatic N) is 3. The van der Waals surface area contributed by atoms with E-state index >= 15 is 0 Å². The van der Waals surface area contributed by atoms with Crippen LogP contribution in [0.5, 0.6) is 0 Å². The maximum absolute atomic E-state index is 5.89. The molecule has 4 nitrogen and oxygen atoms in total. The maximum Gasteiger partial charge on any atom is 0.225 e. The van der Waals surface area contributed by atoms with Gasteiger partial charge in [0.15, 0.2) is 0 Å². The molecule has 0 bridgehead atoms. The van der Waals surface area contributed by atoms with Gasteiger partial charge in [-0.05, 0) is 24.4 Å². The third-order valence-electron chi connectivity index (χ3n) is 2.08. The van der Waals surface area contributed by atoms with Crippen LogP contribution in [0, 0.1) is 0 Å². The lowest BCUT2D eigenvalue weighted by atomic mass is 10.3. The molecule has 0 aliphatic carbocycles. The highest BCUT2D eigenvalue weighted by molar-refractivity contribution is 6.28. The number of hydrogen-bond donors (Lipinski definition) is 0. The van der Waals surface area contributed by atoms with E-state index in [9.17, 15) is 0 Å². The normalized spacial score (nSPS) is 10.8. The van der Waals surface area contributed by atoms with Crippen LogP contribution in [0.4, 0.5) is 0 Å². The maximum atomic E-state index is 5.89. The molecule has 80 valence electrons. The Bertz CT molecular complexity index is 275. The van der Waals surface area contributed by atoms with Crippen LogP contribution >= 0.6 is 11.6 Å². The molecule has 0 spiro atoms. The van der Waals surface area contributed by atoms with Crippen molar-refractivity contribution in [3.63, 3.8) is 0 Å². The molecule has 0 fully saturated rings. The van der Waals surface area contributed by atoms with Crippen molar-refractivity contribution in [3.8, 4) is 0 Å². The van der Waals surface area contributed by atoms with Gasteiger partial charge in [-0.3, -0.25) is 0 Å². The second kappa shape index (κ2) is 5.98. The number of aryl methyl sites for hydroxylation is 1. The molecule has 5 heteroatoms. The highest BCUT2D eigenvalue weighted by Crippen LogP contribution is 2.10. The lowest BCUT2D eigenvalue weighted by Crippen LogP contribution is -2.04. The molecule has 14 heavy (non-hydrogen) atoms. The minimum Gasteiger partial charge on any atom is -0.385 e. The molecule has 1 aromatic heterocycles. The first-order chi connectivity index (χ1) is 6.79. The van der Waals surface area contributed by atoms with Gasteiger partial charge in [0.2, 0.25) is 5.28 Å². The Labute approximate surface area is 89.2 Å². The van der Waals surface area contributed by atoms with Crippen LogP contribution in [0.25, 0.3) is 0 Å². The summed E-state index contributed by atoms with van der Waals surface area (Å²) in [4.78, 5) is 0. The molecule has 1 aromatic rings. The Morgan fingerprint density at radius 2 is 2.14 bits per heavy atom. The average molecular weight is 218 g/mol. The average Bonchev–Trinajstić information content (AvgIpc) is 2.55. The van der Waals surface area contributed by atoms with E-state index in [1.807, 2.05) is 11.5 Å². The number of unbranched alkanes of at least 4 members (excludes halogenated alkanes) is 1. The van der Waals surface area contributed by atoms with Crippen LogP contribution in [0.15, 0.2) is 0 Å². The Morgan fingerprint density at radius 1 is 1.36 bits per heavy atom. The standard InChI is InChI=1S/C9H16ClN3O/c1-3-8-11-12-9(10)13(8)6-4-5-7-14-2/h3-7H2,1-2H3. The Morgan fingerprint density at radius 3 is 2.79 bits per heavy atom. The third kappa shape index (κ3) is 2.96. The van der Waals surface area contributed by atoms with Crippen molar-refractivity contribution in [3.05, 3.63) is 11.1 Å². The SMILES string of the molecule is CCc1nnc(Cl)n1CCCCOC. The van der Waals surface area contributed by atoms with Crippen molar-refractivity contribution in [1.29, 1.82) is 0 Å². The number of halogens is 1. The van der Waals surface area contributed by atoms with E-state index in [1.165, 1.54) is 0 Å². The van der Waals surface area contributed by atoms with Gasteiger partial charge in [0.1, 0.15) is 5.82 Å². The van der Waals surface area contributed by atoms with Gasteiger partial charge in [-0.15, -0.1) is 10.2 Å². The summed E-state index contributed by atoms with van der Waals surface area (Å²) in [7, 11) is 1.71. The minimum absolute atomic E-state index is 0.485. The monoisotopic (exact) mass is 217 g/mol. The van der Waals surface area contributed by atoms with Crippen LogP contribution in [0.2, 0.25) is 5.28 Å². The van der Waals surface area contributed by atoms with Crippen molar-refractivity contribution in [2.75, 3.05) is 13.7 Å². The fourth-order valence-corrected chi connectivity index (χ4v) is 1.53. The van der Waals surface area contributed by atoms with Gasteiger partial charge in [-0.2, -0.15) is 0 Å². The fourth-order valence-electron chi connectivity index (χ4n) is 1.31.